The van der Waals surface area contributed by atoms with Crippen molar-refractivity contribution in [2.75, 3.05) is 26.7 Å². The number of piperidine rings is 1. The van der Waals surface area contributed by atoms with E-state index in [-0.39, 0.29) is 5.91 Å². The fourth-order valence-electron chi connectivity index (χ4n) is 2.83. The maximum atomic E-state index is 12.6. The number of nitrogens with zero attached hydrogens (tertiary/aromatic N) is 2. The average molecular weight is 289 g/mol. The summed E-state index contributed by atoms with van der Waals surface area (Å²) in [5.41, 5.74) is 0.608. The van der Waals surface area contributed by atoms with Gasteiger partial charge in [-0.25, -0.2) is 0 Å². The molecule has 1 aromatic heterocycles. The minimum Gasteiger partial charge on any atom is -0.494 e. The number of nitrogens with one attached hydrogen (secondary N) is 1. The fourth-order valence-corrected chi connectivity index (χ4v) is 2.83. The Balaban J connectivity index is 1.54. The van der Waals surface area contributed by atoms with E-state index in [9.17, 15) is 4.79 Å². The monoisotopic (exact) mass is 289 g/mol. The van der Waals surface area contributed by atoms with Crippen LogP contribution in [-0.2, 0) is 0 Å². The normalized spacial score (nSPS) is 19.6. The van der Waals surface area contributed by atoms with Gasteiger partial charge in [-0.1, -0.05) is 0 Å². The molecule has 21 heavy (non-hydrogen) atoms. The molecule has 3 rings (SSSR count). The van der Waals surface area contributed by atoms with Crippen molar-refractivity contribution in [3.63, 3.8) is 0 Å². The van der Waals surface area contributed by atoms with Crippen LogP contribution in [0.3, 0.4) is 0 Å². The van der Waals surface area contributed by atoms with Crippen LogP contribution in [0.2, 0.25) is 0 Å². The molecule has 0 unspecified atom stereocenters. The summed E-state index contributed by atoms with van der Waals surface area (Å²) in [5, 5.41) is 3.63. The van der Waals surface area contributed by atoms with Crippen molar-refractivity contribution in [2.24, 2.45) is 5.92 Å². The van der Waals surface area contributed by atoms with Crippen LogP contribution in [0.4, 0.5) is 0 Å². The highest BCUT2D eigenvalue weighted by atomic mass is 16.5. The largest absolute Gasteiger partial charge is 0.494 e. The van der Waals surface area contributed by atoms with E-state index < -0.39 is 0 Å². The number of hydrogen-bond acceptors (Lipinski definition) is 4. The molecular formula is C16H23N3O2. The molecule has 5 nitrogen and oxygen atoms in total. The standard InChI is InChI=1S/C16H23N3O2/c1-21-15-11-17-7-4-14(15)16(20)19-8-5-13(6-9-19)18-10-12-2-3-12/h4,7,11-13,18H,2-3,5-6,8-10H2,1H3. The molecule has 2 heterocycles. The first-order chi connectivity index (χ1) is 10.3. The van der Waals surface area contributed by atoms with Gasteiger partial charge in [0.05, 0.1) is 18.9 Å². The molecule has 1 amide bonds. The van der Waals surface area contributed by atoms with Crippen molar-refractivity contribution in [2.45, 2.75) is 31.7 Å². The third kappa shape index (κ3) is 3.53. The molecule has 114 valence electrons. The number of likely N-dealkylation sites (tertiary alicyclic amines) is 1. The van der Waals surface area contributed by atoms with E-state index in [4.69, 9.17) is 4.74 Å². The first-order valence-electron chi connectivity index (χ1n) is 7.78. The van der Waals surface area contributed by atoms with Gasteiger partial charge in [-0.2, -0.15) is 0 Å². The fraction of sp³-hybridized carbons (Fsp3) is 0.625. The number of carbonyl (C=O) groups is 1. The summed E-state index contributed by atoms with van der Waals surface area (Å²) < 4.78 is 5.23. The van der Waals surface area contributed by atoms with E-state index in [0.717, 1.165) is 38.4 Å². The Bertz CT molecular complexity index is 494. The van der Waals surface area contributed by atoms with Gasteiger partial charge in [-0.15, -0.1) is 0 Å². The summed E-state index contributed by atoms with van der Waals surface area (Å²) in [7, 11) is 1.57. The molecule has 2 aliphatic rings. The molecule has 0 spiro atoms. The van der Waals surface area contributed by atoms with Gasteiger partial charge in [0.15, 0.2) is 0 Å². The summed E-state index contributed by atoms with van der Waals surface area (Å²) in [4.78, 5) is 18.5. The lowest BCUT2D eigenvalue weighted by molar-refractivity contribution is 0.0701. The summed E-state index contributed by atoms with van der Waals surface area (Å²) in [6.45, 7) is 2.77. The van der Waals surface area contributed by atoms with Gasteiger partial charge in [0, 0.05) is 25.3 Å². The minimum atomic E-state index is 0.0508. The zero-order chi connectivity index (χ0) is 14.7. The van der Waals surface area contributed by atoms with Crippen molar-refractivity contribution in [1.29, 1.82) is 0 Å². The third-order valence-corrected chi connectivity index (χ3v) is 4.41. The molecule has 1 saturated carbocycles. The predicted molar refractivity (Wildman–Crippen MR) is 80.4 cm³/mol. The summed E-state index contributed by atoms with van der Waals surface area (Å²) in [5.74, 6) is 1.51. The summed E-state index contributed by atoms with van der Waals surface area (Å²) in [6, 6.07) is 2.30. The van der Waals surface area contributed by atoms with Crippen LogP contribution in [-0.4, -0.2) is 48.6 Å². The van der Waals surface area contributed by atoms with Crippen molar-refractivity contribution in [3.05, 3.63) is 24.0 Å². The number of pyridine rings is 1. The molecule has 1 aliphatic carbocycles. The molecule has 2 fully saturated rings. The lowest BCUT2D eigenvalue weighted by Crippen LogP contribution is -2.45. The zero-order valence-corrected chi connectivity index (χ0v) is 12.5. The van der Waals surface area contributed by atoms with Crippen molar-refractivity contribution in [1.82, 2.24) is 15.2 Å². The molecule has 1 N–H and O–H groups in total. The topological polar surface area (TPSA) is 54.5 Å². The number of aromatic nitrogens is 1. The highest BCUT2D eigenvalue weighted by Gasteiger charge is 2.27. The van der Waals surface area contributed by atoms with Crippen molar-refractivity contribution >= 4 is 5.91 Å². The van der Waals surface area contributed by atoms with Crippen LogP contribution in [0.5, 0.6) is 5.75 Å². The number of carbonyl (C=O) groups excluding carboxylic acids is 1. The molecule has 0 radical (unpaired) electrons. The highest BCUT2D eigenvalue weighted by molar-refractivity contribution is 5.96. The second-order valence-electron chi connectivity index (χ2n) is 5.99. The predicted octanol–water partition coefficient (Wildman–Crippen LogP) is 1.69. The average Bonchev–Trinajstić information content (AvgIpc) is 3.37. The number of ether oxygens (including phenoxy) is 1. The van der Waals surface area contributed by atoms with Gasteiger partial charge >= 0.3 is 0 Å². The van der Waals surface area contributed by atoms with E-state index in [1.807, 2.05) is 4.90 Å². The van der Waals surface area contributed by atoms with Gasteiger partial charge in [0.25, 0.3) is 5.91 Å². The Morgan fingerprint density at radius 3 is 2.81 bits per heavy atom. The molecular weight excluding hydrogens is 266 g/mol. The first-order valence-corrected chi connectivity index (χ1v) is 7.78. The number of rotatable bonds is 5. The van der Waals surface area contributed by atoms with Crippen molar-refractivity contribution < 1.29 is 9.53 Å². The van der Waals surface area contributed by atoms with Gasteiger partial charge in [-0.3, -0.25) is 9.78 Å². The molecule has 5 heteroatoms. The summed E-state index contributed by atoms with van der Waals surface area (Å²) in [6.07, 6.45) is 8.06. The number of hydrogen-bond donors (Lipinski definition) is 1. The van der Waals surface area contributed by atoms with E-state index in [1.165, 1.54) is 12.8 Å². The SMILES string of the molecule is COc1cnccc1C(=O)N1CCC(NCC2CC2)CC1. The van der Waals surface area contributed by atoms with E-state index >= 15 is 0 Å². The second-order valence-corrected chi connectivity index (χ2v) is 5.99. The van der Waals surface area contributed by atoms with Crippen LogP contribution in [0, 0.1) is 5.92 Å². The Hall–Kier alpha value is -1.62. The molecule has 0 aromatic carbocycles. The Kier molecular flexibility index (Phi) is 4.39. The van der Waals surface area contributed by atoms with Gasteiger partial charge in [-0.05, 0) is 44.2 Å². The maximum absolute atomic E-state index is 12.6. The Morgan fingerprint density at radius 2 is 2.14 bits per heavy atom. The van der Waals surface area contributed by atoms with Gasteiger partial charge in [0.1, 0.15) is 5.75 Å². The van der Waals surface area contributed by atoms with Gasteiger partial charge in [0.2, 0.25) is 0 Å². The first kappa shape index (κ1) is 14.3. The Labute approximate surface area is 125 Å². The molecule has 0 bridgehead atoms. The molecule has 1 aromatic rings. The quantitative estimate of drug-likeness (QED) is 0.896. The van der Waals surface area contributed by atoms with Crippen LogP contribution < -0.4 is 10.1 Å². The lowest BCUT2D eigenvalue weighted by Gasteiger charge is -2.32. The van der Waals surface area contributed by atoms with E-state index in [1.54, 1.807) is 25.6 Å². The van der Waals surface area contributed by atoms with E-state index in [0.29, 0.717) is 17.4 Å². The highest BCUT2D eigenvalue weighted by Crippen LogP contribution is 2.28. The van der Waals surface area contributed by atoms with Crippen LogP contribution in [0.1, 0.15) is 36.0 Å². The molecule has 0 atom stereocenters. The van der Waals surface area contributed by atoms with Gasteiger partial charge < -0.3 is 15.0 Å². The molecule has 1 aliphatic heterocycles. The van der Waals surface area contributed by atoms with Crippen molar-refractivity contribution in [3.8, 4) is 5.75 Å². The number of methoxy groups -OCH3 is 1. The van der Waals surface area contributed by atoms with Crippen LogP contribution >= 0.6 is 0 Å². The van der Waals surface area contributed by atoms with E-state index in [2.05, 4.69) is 10.3 Å². The van der Waals surface area contributed by atoms with Crippen LogP contribution in [0.15, 0.2) is 18.5 Å². The zero-order valence-electron chi connectivity index (χ0n) is 12.5. The lowest BCUT2D eigenvalue weighted by atomic mass is 10.0. The second kappa shape index (κ2) is 6.43. The van der Waals surface area contributed by atoms with Crippen LogP contribution in [0.25, 0.3) is 0 Å². The summed E-state index contributed by atoms with van der Waals surface area (Å²) >= 11 is 0. The number of amides is 1. The third-order valence-electron chi connectivity index (χ3n) is 4.41. The molecule has 1 saturated heterocycles. The maximum Gasteiger partial charge on any atom is 0.257 e. The smallest absolute Gasteiger partial charge is 0.257 e. The minimum absolute atomic E-state index is 0.0508. The Morgan fingerprint density at radius 1 is 1.38 bits per heavy atom.